The summed E-state index contributed by atoms with van der Waals surface area (Å²) in [6, 6.07) is 10.1. The van der Waals surface area contributed by atoms with E-state index in [1.165, 1.54) is 0 Å². The van der Waals surface area contributed by atoms with E-state index in [1.54, 1.807) is 0 Å². The van der Waals surface area contributed by atoms with E-state index >= 15 is 0 Å². The Hall–Kier alpha value is -1.08. The number of hydrogen-bond acceptors (Lipinski definition) is 2. The van der Waals surface area contributed by atoms with Crippen molar-refractivity contribution in [3.63, 3.8) is 0 Å². The zero-order chi connectivity index (χ0) is 17.0. The number of halogens is 2. The Morgan fingerprint density at radius 3 is 2.57 bits per heavy atom. The average Bonchev–Trinajstić information content (AvgIpc) is 2.47. The molecule has 0 bridgehead atoms. The Balaban J connectivity index is 2.27. The molecule has 0 aromatic heterocycles. The second-order valence-corrected chi connectivity index (χ2v) is 7.59. The molecule has 0 heterocycles. The number of rotatable bonds is 5. The normalized spacial score (nSPS) is 11.0. The summed E-state index contributed by atoms with van der Waals surface area (Å²) in [7, 11) is 2.01. The van der Waals surface area contributed by atoms with Gasteiger partial charge in [-0.1, -0.05) is 15.9 Å². The maximum Gasteiger partial charge on any atom is 0.130 e. The number of ether oxygens (including phenoxy) is 1. The van der Waals surface area contributed by atoms with Crippen molar-refractivity contribution in [2.45, 2.75) is 20.8 Å². The number of benzene rings is 2. The highest BCUT2D eigenvalue weighted by atomic mass is 127. The molecule has 3 nitrogen and oxygen atoms in total. The number of hydrogen-bond donors (Lipinski definition) is 0. The molecule has 0 unspecified atom stereocenters. The van der Waals surface area contributed by atoms with E-state index in [2.05, 4.69) is 63.4 Å². The zero-order valence-electron chi connectivity index (χ0n) is 13.7. The summed E-state index contributed by atoms with van der Waals surface area (Å²) in [6.45, 7) is 7.13. The molecule has 5 heteroatoms. The van der Waals surface area contributed by atoms with Gasteiger partial charge in [-0.2, -0.15) is 0 Å². The van der Waals surface area contributed by atoms with Crippen LogP contribution in [0.4, 0.5) is 5.69 Å². The SMILES string of the molecule is CCN(C)C=Nc1cc(C)c(Oc2cc(Br)cc(I)c2)cc1C. The molecule has 23 heavy (non-hydrogen) atoms. The summed E-state index contributed by atoms with van der Waals surface area (Å²) in [5, 5.41) is 0. The van der Waals surface area contributed by atoms with Gasteiger partial charge in [-0.05, 0) is 84.8 Å². The molecule has 122 valence electrons. The van der Waals surface area contributed by atoms with E-state index in [0.29, 0.717) is 0 Å². The van der Waals surface area contributed by atoms with Crippen molar-refractivity contribution in [3.05, 3.63) is 49.5 Å². The van der Waals surface area contributed by atoms with E-state index in [0.717, 1.165) is 42.9 Å². The Morgan fingerprint density at radius 1 is 1.17 bits per heavy atom. The minimum Gasteiger partial charge on any atom is -0.457 e. The first kappa shape index (κ1) is 18.3. The molecule has 0 N–H and O–H groups in total. The second kappa shape index (κ2) is 8.15. The van der Waals surface area contributed by atoms with Crippen molar-refractivity contribution in [3.8, 4) is 11.5 Å². The third-order valence-electron chi connectivity index (χ3n) is 3.45. The van der Waals surface area contributed by atoms with Crippen LogP contribution in [0.1, 0.15) is 18.1 Å². The van der Waals surface area contributed by atoms with Crippen molar-refractivity contribution in [2.75, 3.05) is 13.6 Å². The molecular formula is C18H20BrIN2O. The van der Waals surface area contributed by atoms with Crippen LogP contribution in [0.3, 0.4) is 0 Å². The summed E-state index contributed by atoms with van der Waals surface area (Å²) in [5.41, 5.74) is 3.13. The summed E-state index contributed by atoms with van der Waals surface area (Å²) in [4.78, 5) is 6.59. The summed E-state index contributed by atoms with van der Waals surface area (Å²) in [6.07, 6.45) is 1.86. The fourth-order valence-electron chi connectivity index (χ4n) is 1.98. The van der Waals surface area contributed by atoms with Gasteiger partial charge < -0.3 is 9.64 Å². The number of aliphatic imine (C=N–C) groups is 1. The first-order valence-corrected chi connectivity index (χ1v) is 9.26. The first-order chi connectivity index (χ1) is 10.9. The van der Waals surface area contributed by atoms with Gasteiger partial charge in [0.2, 0.25) is 0 Å². The molecule has 0 aliphatic carbocycles. The van der Waals surface area contributed by atoms with Crippen molar-refractivity contribution in [1.29, 1.82) is 0 Å². The van der Waals surface area contributed by atoms with E-state index in [-0.39, 0.29) is 0 Å². The fraction of sp³-hybridized carbons (Fsp3) is 0.278. The Bertz CT molecular complexity index is 711. The molecule has 0 saturated heterocycles. The molecule has 0 aliphatic heterocycles. The molecule has 2 aromatic carbocycles. The van der Waals surface area contributed by atoms with Crippen molar-refractivity contribution >= 4 is 50.5 Å². The standard InChI is InChI=1S/C18H20BrIN2O/c1-5-22(4)11-21-17-6-13(3)18(7-12(17)2)23-16-9-14(19)8-15(20)10-16/h6-11H,5H2,1-4H3. The van der Waals surface area contributed by atoms with Gasteiger partial charge in [0.25, 0.3) is 0 Å². The fourth-order valence-corrected chi connectivity index (χ4v) is 3.52. The zero-order valence-corrected chi connectivity index (χ0v) is 17.5. The number of aryl methyl sites for hydroxylation is 2. The van der Waals surface area contributed by atoms with Gasteiger partial charge in [0.1, 0.15) is 11.5 Å². The van der Waals surface area contributed by atoms with Gasteiger partial charge in [0.05, 0.1) is 12.0 Å². The van der Waals surface area contributed by atoms with Crippen LogP contribution in [0.2, 0.25) is 0 Å². The maximum absolute atomic E-state index is 6.06. The van der Waals surface area contributed by atoms with Crippen LogP contribution in [-0.2, 0) is 0 Å². The monoisotopic (exact) mass is 486 g/mol. The molecule has 0 radical (unpaired) electrons. The largest absolute Gasteiger partial charge is 0.457 e. The molecule has 2 rings (SSSR count). The first-order valence-electron chi connectivity index (χ1n) is 7.38. The smallest absolute Gasteiger partial charge is 0.130 e. The Labute approximate surface area is 160 Å². The second-order valence-electron chi connectivity index (χ2n) is 5.43. The summed E-state index contributed by atoms with van der Waals surface area (Å²) in [5.74, 6) is 1.69. The minimum atomic E-state index is 0.827. The third-order valence-corrected chi connectivity index (χ3v) is 4.53. The van der Waals surface area contributed by atoms with E-state index in [9.17, 15) is 0 Å². The lowest BCUT2D eigenvalue weighted by Crippen LogP contribution is -2.14. The van der Waals surface area contributed by atoms with Gasteiger partial charge in [-0.25, -0.2) is 4.99 Å². The molecule has 0 amide bonds. The van der Waals surface area contributed by atoms with Crippen molar-refractivity contribution in [1.82, 2.24) is 4.90 Å². The maximum atomic E-state index is 6.06. The average molecular weight is 487 g/mol. The Kier molecular flexibility index (Phi) is 6.47. The molecule has 0 spiro atoms. The lowest BCUT2D eigenvalue weighted by atomic mass is 10.1. The minimum absolute atomic E-state index is 0.827. The van der Waals surface area contributed by atoms with Crippen molar-refractivity contribution < 1.29 is 4.74 Å². The molecule has 0 saturated carbocycles. The van der Waals surface area contributed by atoms with E-state index in [4.69, 9.17) is 4.74 Å². The number of nitrogens with zero attached hydrogens (tertiary/aromatic N) is 2. The third kappa shape index (κ3) is 5.21. The molecule has 0 fully saturated rings. The van der Waals surface area contributed by atoms with Crippen LogP contribution in [-0.4, -0.2) is 24.8 Å². The lowest BCUT2D eigenvalue weighted by molar-refractivity contribution is 0.478. The van der Waals surface area contributed by atoms with Crippen LogP contribution in [0.15, 0.2) is 39.8 Å². The summed E-state index contributed by atoms with van der Waals surface area (Å²) < 4.78 is 8.20. The summed E-state index contributed by atoms with van der Waals surface area (Å²) >= 11 is 5.78. The quantitative estimate of drug-likeness (QED) is 0.291. The van der Waals surface area contributed by atoms with Crippen LogP contribution in [0, 0.1) is 17.4 Å². The van der Waals surface area contributed by atoms with Gasteiger partial charge in [-0.15, -0.1) is 0 Å². The van der Waals surface area contributed by atoms with Crippen LogP contribution < -0.4 is 4.74 Å². The van der Waals surface area contributed by atoms with Gasteiger partial charge in [0, 0.05) is 21.6 Å². The molecule has 2 aromatic rings. The highest BCUT2D eigenvalue weighted by molar-refractivity contribution is 14.1. The van der Waals surface area contributed by atoms with Crippen LogP contribution >= 0.6 is 38.5 Å². The van der Waals surface area contributed by atoms with E-state index in [1.807, 2.05) is 49.5 Å². The van der Waals surface area contributed by atoms with Gasteiger partial charge >= 0.3 is 0 Å². The predicted octanol–water partition coefficient (Wildman–Crippen LogP) is 6.07. The molecular weight excluding hydrogens is 467 g/mol. The van der Waals surface area contributed by atoms with Gasteiger partial charge in [0.15, 0.2) is 0 Å². The predicted molar refractivity (Wildman–Crippen MR) is 109 cm³/mol. The van der Waals surface area contributed by atoms with Crippen LogP contribution in [0.5, 0.6) is 11.5 Å². The Morgan fingerprint density at radius 2 is 1.91 bits per heavy atom. The lowest BCUT2D eigenvalue weighted by Gasteiger charge is -2.13. The highest BCUT2D eigenvalue weighted by Gasteiger charge is 2.07. The van der Waals surface area contributed by atoms with E-state index < -0.39 is 0 Å². The highest BCUT2D eigenvalue weighted by Crippen LogP contribution is 2.33. The van der Waals surface area contributed by atoms with Gasteiger partial charge in [-0.3, -0.25) is 0 Å². The van der Waals surface area contributed by atoms with Crippen molar-refractivity contribution in [2.24, 2.45) is 4.99 Å². The molecule has 0 atom stereocenters. The van der Waals surface area contributed by atoms with Crippen LogP contribution in [0.25, 0.3) is 0 Å². The molecule has 0 aliphatic rings. The topological polar surface area (TPSA) is 24.8 Å².